The second-order valence-corrected chi connectivity index (χ2v) is 6.18. The smallest absolute Gasteiger partial charge is 0.376 e. The lowest BCUT2D eigenvalue weighted by molar-refractivity contribution is -0.137. The number of halogens is 3. The Morgan fingerprint density at radius 1 is 1.36 bits per heavy atom. The molecule has 8 heteroatoms. The third kappa shape index (κ3) is 4.30. The fourth-order valence-electron chi connectivity index (χ4n) is 2.12. The van der Waals surface area contributed by atoms with E-state index in [-0.39, 0.29) is 5.60 Å². The highest BCUT2D eigenvalue weighted by Gasteiger charge is 2.34. The van der Waals surface area contributed by atoms with E-state index in [0.717, 1.165) is 30.1 Å². The normalized spacial score (nSPS) is 21.6. The van der Waals surface area contributed by atoms with Gasteiger partial charge in [0.05, 0.1) is 11.2 Å². The van der Waals surface area contributed by atoms with Gasteiger partial charge in [-0.25, -0.2) is 4.79 Å². The van der Waals surface area contributed by atoms with Crippen molar-refractivity contribution in [2.75, 3.05) is 30.5 Å². The maximum absolute atomic E-state index is 12.4. The quantitative estimate of drug-likeness (QED) is 0.888. The molecule has 1 saturated heterocycles. The summed E-state index contributed by atoms with van der Waals surface area (Å²) in [6, 6.07) is 3.84. The summed E-state index contributed by atoms with van der Waals surface area (Å²) < 4.78 is 42.8. The van der Waals surface area contributed by atoms with Gasteiger partial charge in [0, 0.05) is 25.1 Å². The zero-order valence-electron chi connectivity index (χ0n) is 12.0. The summed E-state index contributed by atoms with van der Waals surface area (Å²) in [6.07, 6.45) is -3.53. The first-order valence-corrected chi connectivity index (χ1v) is 7.85. The third-order valence-corrected chi connectivity index (χ3v) is 4.76. The van der Waals surface area contributed by atoms with Crippen LogP contribution in [0.2, 0.25) is 0 Å². The Morgan fingerprint density at radius 2 is 2.05 bits per heavy atom. The van der Waals surface area contributed by atoms with Crippen molar-refractivity contribution in [3.63, 3.8) is 0 Å². The molecule has 122 valence electrons. The summed E-state index contributed by atoms with van der Waals surface area (Å²) in [5, 5.41) is 5.21. The molecule has 2 amide bonds. The number of methoxy groups -OCH3 is 1. The molecule has 22 heavy (non-hydrogen) atoms. The van der Waals surface area contributed by atoms with E-state index in [1.54, 1.807) is 18.9 Å². The molecule has 0 saturated carbocycles. The van der Waals surface area contributed by atoms with Crippen LogP contribution in [-0.4, -0.2) is 36.8 Å². The molecule has 0 aromatic heterocycles. The van der Waals surface area contributed by atoms with Crippen LogP contribution in [0.25, 0.3) is 0 Å². The number of hydrogen-bond acceptors (Lipinski definition) is 3. The Bertz CT molecular complexity index is 514. The first-order valence-electron chi connectivity index (χ1n) is 6.70. The van der Waals surface area contributed by atoms with Crippen LogP contribution in [0.4, 0.5) is 23.7 Å². The third-order valence-electron chi connectivity index (χ3n) is 3.54. The average molecular weight is 334 g/mol. The van der Waals surface area contributed by atoms with Crippen LogP contribution in [0, 0.1) is 0 Å². The van der Waals surface area contributed by atoms with E-state index in [1.807, 2.05) is 0 Å². The predicted molar refractivity (Wildman–Crippen MR) is 80.1 cm³/mol. The standard InChI is InChI=1S/C14H17F3N2O2S/c1-21-13(6-7-22-9-13)8-18-12(20)19-11-4-2-10(3-5-11)14(15,16)17/h2-5H,6-9H2,1H3,(H2,18,19,20)/t13-/m0/s1. The predicted octanol–water partition coefficient (Wildman–Crippen LogP) is 3.35. The molecule has 0 aliphatic carbocycles. The first-order chi connectivity index (χ1) is 10.3. The van der Waals surface area contributed by atoms with E-state index in [0.29, 0.717) is 12.2 Å². The van der Waals surface area contributed by atoms with Gasteiger partial charge >= 0.3 is 12.2 Å². The zero-order valence-corrected chi connectivity index (χ0v) is 12.8. The monoisotopic (exact) mass is 334 g/mol. The van der Waals surface area contributed by atoms with Gasteiger partial charge in [-0.05, 0) is 36.4 Å². The molecular formula is C14H17F3N2O2S. The molecule has 2 rings (SSSR count). The number of amides is 2. The number of alkyl halides is 3. The SMILES string of the molecule is CO[C@]1(CNC(=O)Nc2ccc(C(F)(F)F)cc2)CCSC1. The molecule has 1 aromatic carbocycles. The van der Waals surface area contributed by atoms with Crippen molar-refractivity contribution in [3.8, 4) is 0 Å². The van der Waals surface area contributed by atoms with Gasteiger partial charge in [0.1, 0.15) is 0 Å². The maximum atomic E-state index is 12.4. The molecule has 1 aliphatic rings. The molecule has 1 heterocycles. The molecule has 2 N–H and O–H groups in total. The Kier molecular flexibility index (Phi) is 5.23. The largest absolute Gasteiger partial charge is 0.416 e. The molecule has 1 fully saturated rings. The number of thioether (sulfide) groups is 1. The lowest BCUT2D eigenvalue weighted by Crippen LogP contribution is -2.45. The molecule has 1 atom stereocenters. The number of anilines is 1. The highest BCUT2D eigenvalue weighted by Crippen LogP contribution is 2.31. The summed E-state index contributed by atoms with van der Waals surface area (Å²) in [4.78, 5) is 11.8. The van der Waals surface area contributed by atoms with Gasteiger partial charge in [-0.1, -0.05) is 0 Å². The average Bonchev–Trinajstić information content (AvgIpc) is 2.94. The summed E-state index contributed by atoms with van der Waals surface area (Å²) in [5.41, 5.74) is -0.806. The van der Waals surface area contributed by atoms with Crippen LogP contribution < -0.4 is 10.6 Å². The van der Waals surface area contributed by atoms with E-state index in [9.17, 15) is 18.0 Å². The summed E-state index contributed by atoms with van der Waals surface area (Å²) in [6.45, 7) is 0.364. The number of carbonyl (C=O) groups excluding carboxylic acids is 1. The van der Waals surface area contributed by atoms with Crippen molar-refractivity contribution in [2.24, 2.45) is 0 Å². The number of rotatable bonds is 4. The van der Waals surface area contributed by atoms with Crippen molar-refractivity contribution < 1.29 is 22.7 Å². The van der Waals surface area contributed by atoms with Gasteiger partial charge in [-0.2, -0.15) is 24.9 Å². The maximum Gasteiger partial charge on any atom is 0.416 e. The van der Waals surface area contributed by atoms with Gasteiger partial charge < -0.3 is 15.4 Å². The highest BCUT2D eigenvalue weighted by atomic mass is 32.2. The van der Waals surface area contributed by atoms with Gasteiger partial charge in [0.2, 0.25) is 0 Å². The molecule has 1 aromatic rings. The highest BCUT2D eigenvalue weighted by molar-refractivity contribution is 7.99. The number of carbonyl (C=O) groups is 1. The Hall–Kier alpha value is -1.41. The van der Waals surface area contributed by atoms with E-state index in [2.05, 4.69) is 10.6 Å². The minimum Gasteiger partial charge on any atom is -0.376 e. The van der Waals surface area contributed by atoms with Crippen LogP contribution in [0.3, 0.4) is 0 Å². The topological polar surface area (TPSA) is 50.4 Å². The van der Waals surface area contributed by atoms with E-state index >= 15 is 0 Å². The van der Waals surface area contributed by atoms with Crippen LogP contribution >= 0.6 is 11.8 Å². The van der Waals surface area contributed by atoms with Gasteiger partial charge in [0.25, 0.3) is 0 Å². The number of ether oxygens (including phenoxy) is 1. The molecule has 1 aliphatic heterocycles. The van der Waals surface area contributed by atoms with Gasteiger partial charge in [-0.3, -0.25) is 0 Å². The molecule has 0 radical (unpaired) electrons. The van der Waals surface area contributed by atoms with E-state index in [1.165, 1.54) is 12.1 Å². The van der Waals surface area contributed by atoms with E-state index in [4.69, 9.17) is 4.74 Å². The van der Waals surface area contributed by atoms with Crippen molar-refractivity contribution in [3.05, 3.63) is 29.8 Å². The fraction of sp³-hybridized carbons (Fsp3) is 0.500. The van der Waals surface area contributed by atoms with Crippen LogP contribution in [0.15, 0.2) is 24.3 Å². The Balaban J connectivity index is 1.87. The Labute approximate surface area is 130 Å². The zero-order chi connectivity index (χ0) is 16.2. The minimum atomic E-state index is -4.38. The molecule has 0 bridgehead atoms. The van der Waals surface area contributed by atoms with Crippen LogP contribution in [0.1, 0.15) is 12.0 Å². The number of nitrogens with one attached hydrogen (secondary N) is 2. The van der Waals surface area contributed by atoms with Crippen molar-refractivity contribution in [1.29, 1.82) is 0 Å². The van der Waals surface area contributed by atoms with E-state index < -0.39 is 17.8 Å². The number of hydrogen-bond donors (Lipinski definition) is 2. The lowest BCUT2D eigenvalue weighted by Gasteiger charge is -2.26. The summed E-state index contributed by atoms with van der Waals surface area (Å²) in [7, 11) is 1.61. The second-order valence-electron chi connectivity index (χ2n) is 5.07. The summed E-state index contributed by atoms with van der Waals surface area (Å²) >= 11 is 1.76. The number of benzene rings is 1. The minimum absolute atomic E-state index is 0.303. The van der Waals surface area contributed by atoms with Gasteiger partial charge in [0.15, 0.2) is 0 Å². The van der Waals surface area contributed by atoms with Crippen molar-refractivity contribution in [1.82, 2.24) is 5.32 Å². The molecule has 0 spiro atoms. The van der Waals surface area contributed by atoms with Crippen molar-refractivity contribution in [2.45, 2.75) is 18.2 Å². The molecule has 0 unspecified atom stereocenters. The molecule has 4 nitrogen and oxygen atoms in total. The second kappa shape index (κ2) is 6.78. The fourth-order valence-corrected chi connectivity index (χ4v) is 3.52. The van der Waals surface area contributed by atoms with Gasteiger partial charge in [-0.15, -0.1) is 0 Å². The first kappa shape index (κ1) is 17.0. The lowest BCUT2D eigenvalue weighted by atomic mass is 10.0. The summed E-state index contributed by atoms with van der Waals surface area (Å²) in [5.74, 6) is 1.79. The van der Waals surface area contributed by atoms with Crippen LogP contribution in [-0.2, 0) is 10.9 Å². The van der Waals surface area contributed by atoms with Crippen LogP contribution in [0.5, 0.6) is 0 Å². The van der Waals surface area contributed by atoms with Crippen molar-refractivity contribution >= 4 is 23.5 Å². The number of urea groups is 1. The Morgan fingerprint density at radius 3 is 2.55 bits per heavy atom. The molecular weight excluding hydrogens is 317 g/mol.